The molecule has 0 fully saturated rings. The Morgan fingerprint density at radius 2 is 1.48 bits per heavy atom. The molecule has 142 valence electrons. The zero-order valence-electron chi connectivity index (χ0n) is 15.5. The van der Waals surface area contributed by atoms with Crippen molar-refractivity contribution in [2.75, 3.05) is 13.2 Å². The molecule has 0 aromatic rings. The molecule has 0 heterocycles. The van der Waals surface area contributed by atoms with E-state index in [4.69, 9.17) is 14.2 Å². The summed E-state index contributed by atoms with van der Waals surface area (Å²) in [6, 6.07) is 0. The second-order valence-corrected chi connectivity index (χ2v) is 5.50. The Morgan fingerprint density at radius 1 is 0.880 bits per heavy atom. The van der Waals surface area contributed by atoms with Crippen molar-refractivity contribution in [2.45, 2.75) is 65.4 Å². The van der Waals surface area contributed by atoms with Crippen molar-refractivity contribution in [3.8, 4) is 0 Å². The average Bonchev–Trinajstić information content (AvgIpc) is 2.57. The minimum Gasteiger partial charge on any atom is -0.462 e. The fraction of sp³-hybridized carbons (Fsp3) is 0.632. The number of allylic oxidation sites excluding steroid dienone is 4. The second kappa shape index (κ2) is 15.4. The van der Waals surface area contributed by atoms with Crippen molar-refractivity contribution in [1.82, 2.24) is 0 Å². The molecule has 0 aliphatic rings. The summed E-state index contributed by atoms with van der Waals surface area (Å²) in [5.41, 5.74) is 0. The summed E-state index contributed by atoms with van der Waals surface area (Å²) in [6.07, 6.45) is 10.6. The summed E-state index contributed by atoms with van der Waals surface area (Å²) >= 11 is 0. The molecule has 0 N–H and O–H groups in total. The van der Waals surface area contributed by atoms with E-state index >= 15 is 0 Å². The summed E-state index contributed by atoms with van der Waals surface area (Å²) in [4.78, 5) is 34.4. The van der Waals surface area contributed by atoms with Crippen molar-refractivity contribution >= 4 is 17.9 Å². The topological polar surface area (TPSA) is 78.9 Å². The average molecular weight is 354 g/mol. The van der Waals surface area contributed by atoms with E-state index in [1.165, 1.54) is 6.92 Å². The van der Waals surface area contributed by atoms with E-state index in [2.05, 4.69) is 6.92 Å². The Hall–Kier alpha value is -2.11. The third-order valence-electron chi connectivity index (χ3n) is 3.09. The van der Waals surface area contributed by atoms with Crippen molar-refractivity contribution in [3.63, 3.8) is 0 Å². The molecular formula is C19H30O6. The van der Waals surface area contributed by atoms with Crippen LogP contribution < -0.4 is 0 Å². The molecule has 0 spiro atoms. The van der Waals surface area contributed by atoms with Gasteiger partial charge >= 0.3 is 17.9 Å². The predicted molar refractivity (Wildman–Crippen MR) is 94.8 cm³/mol. The monoisotopic (exact) mass is 354 g/mol. The lowest BCUT2D eigenvalue weighted by atomic mass is 10.2. The van der Waals surface area contributed by atoms with Crippen LogP contribution in [0.2, 0.25) is 0 Å². The molecule has 1 atom stereocenters. The van der Waals surface area contributed by atoms with E-state index in [0.717, 1.165) is 12.8 Å². The standard InChI is InChI=1S/C19H30O6/c1-4-6-8-9-11-12-18(21)24-15-17(14-23-16(3)20)25-19(22)13-10-7-5-2/h5,7-9,17H,4,6,10-15H2,1-3H3/b7-5-,9-8?. The van der Waals surface area contributed by atoms with Crippen LogP contribution in [0.15, 0.2) is 24.3 Å². The molecule has 0 aromatic carbocycles. The maximum Gasteiger partial charge on any atom is 0.306 e. The summed E-state index contributed by atoms with van der Waals surface area (Å²) < 4.78 is 15.2. The van der Waals surface area contributed by atoms with Gasteiger partial charge in [0.05, 0.1) is 0 Å². The number of carbonyl (C=O) groups is 3. The lowest BCUT2D eigenvalue weighted by molar-refractivity contribution is -0.166. The third kappa shape index (κ3) is 15.2. The van der Waals surface area contributed by atoms with Gasteiger partial charge in [-0.15, -0.1) is 0 Å². The molecule has 0 aromatic heterocycles. The molecular weight excluding hydrogens is 324 g/mol. The van der Waals surface area contributed by atoms with Gasteiger partial charge in [0.25, 0.3) is 0 Å². The van der Waals surface area contributed by atoms with Gasteiger partial charge in [0.2, 0.25) is 0 Å². The first-order valence-electron chi connectivity index (χ1n) is 8.74. The van der Waals surface area contributed by atoms with Gasteiger partial charge < -0.3 is 14.2 Å². The van der Waals surface area contributed by atoms with Gasteiger partial charge in [0.15, 0.2) is 6.10 Å². The van der Waals surface area contributed by atoms with E-state index < -0.39 is 18.0 Å². The summed E-state index contributed by atoms with van der Waals surface area (Å²) in [5, 5.41) is 0. The number of rotatable bonds is 13. The smallest absolute Gasteiger partial charge is 0.306 e. The van der Waals surface area contributed by atoms with Crippen molar-refractivity contribution in [2.24, 2.45) is 0 Å². The van der Waals surface area contributed by atoms with Gasteiger partial charge in [-0.1, -0.05) is 37.6 Å². The van der Waals surface area contributed by atoms with Crippen LogP contribution in [-0.2, 0) is 28.6 Å². The first-order chi connectivity index (χ1) is 12.0. The number of unbranched alkanes of at least 4 members (excludes halogenated alkanes) is 1. The third-order valence-corrected chi connectivity index (χ3v) is 3.09. The van der Waals surface area contributed by atoms with Crippen LogP contribution in [0.5, 0.6) is 0 Å². The Morgan fingerprint density at radius 3 is 2.12 bits per heavy atom. The van der Waals surface area contributed by atoms with Gasteiger partial charge in [0, 0.05) is 19.8 Å². The van der Waals surface area contributed by atoms with Crippen LogP contribution in [0.4, 0.5) is 0 Å². The second-order valence-electron chi connectivity index (χ2n) is 5.50. The number of ether oxygens (including phenoxy) is 3. The van der Waals surface area contributed by atoms with Crippen LogP contribution in [0.1, 0.15) is 59.3 Å². The number of esters is 3. The minimum atomic E-state index is -0.790. The van der Waals surface area contributed by atoms with Gasteiger partial charge in [-0.05, 0) is 26.2 Å². The van der Waals surface area contributed by atoms with Crippen LogP contribution in [-0.4, -0.2) is 37.2 Å². The highest BCUT2D eigenvalue weighted by Crippen LogP contribution is 2.04. The lowest BCUT2D eigenvalue weighted by Gasteiger charge is -2.17. The van der Waals surface area contributed by atoms with Crippen LogP contribution in [0, 0.1) is 0 Å². The van der Waals surface area contributed by atoms with Gasteiger partial charge in [-0.2, -0.15) is 0 Å². The number of carbonyl (C=O) groups excluding carboxylic acids is 3. The van der Waals surface area contributed by atoms with Crippen LogP contribution in [0.25, 0.3) is 0 Å². The Labute approximate surface area is 150 Å². The first kappa shape index (κ1) is 22.9. The molecule has 0 aliphatic heterocycles. The van der Waals surface area contributed by atoms with Crippen molar-refractivity contribution in [1.29, 1.82) is 0 Å². The largest absolute Gasteiger partial charge is 0.462 e. The van der Waals surface area contributed by atoms with E-state index in [1.807, 2.05) is 31.2 Å². The quantitative estimate of drug-likeness (QED) is 0.286. The highest BCUT2D eigenvalue weighted by atomic mass is 16.6. The van der Waals surface area contributed by atoms with Gasteiger partial charge in [-0.25, -0.2) is 0 Å². The van der Waals surface area contributed by atoms with E-state index in [9.17, 15) is 14.4 Å². The van der Waals surface area contributed by atoms with Crippen molar-refractivity contribution < 1.29 is 28.6 Å². The molecule has 0 bridgehead atoms. The lowest BCUT2D eigenvalue weighted by Crippen LogP contribution is -2.30. The molecule has 0 rings (SSSR count). The van der Waals surface area contributed by atoms with Gasteiger partial charge in [0.1, 0.15) is 13.2 Å². The Balaban J connectivity index is 4.25. The molecule has 25 heavy (non-hydrogen) atoms. The van der Waals surface area contributed by atoms with Gasteiger partial charge in [-0.3, -0.25) is 14.4 Å². The predicted octanol–water partition coefficient (Wildman–Crippen LogP) is 3.50. The van der Waals surface area contributed by atoms with E-state index in [-0.39, 0.29) is 32.0 Å². The number of hydrogen-bond acceptors (Lipinski definition) is 6. The normalized spacial score (nSPS) is 12.3. The van der Waals surface area contributed by atoms with Crippen LogP contribution >= 0.6 is 0 Å². The summed E-state index contributed by atoms with van der Waals surface area (Å²) in [7, 11) is 0. The number of hydrogen-bond donors (Lipinski definition) is 0. The fourth-order valence-corrected chi connectivity index (χ4v) is 1.80. The summed E-state index contributed by atoms with van der Waals surface area (Å²) in [5.74, 6) is -1.28. The molecule has 0 radical (unpaired) electrons. The molecule has 0 amide bonds. The van der Waals surface area contributed by atoms with Crippen molar-refractivity contribution in [3.05, 3.63) is 24.3 Å². The molecule has 6 nitrogen and oxygen atoms in total. The summed E-state index contributed by atoms with van der Waals surface area (Å²) in [6.45, 7) is 4.96. The molecule has 6 heteroatoms. The first-order valence-corrected chi connectivity index (χ1v) is 8.74. The minimum absolute atomic E-state index is 0.125. The maximum atomic E-state index is 11.7. The SMILES string of the molecule is C/C=C\CCC(=O)OC(COC(C)=O)COC(=O)CCC=CCCC. The zero-order chi connectivity index (χ0) is 18.9. The molecule has 1 unspecified atom stereocenters. The van der Waals surface area contributed by atoms with E-state index in [0.29, 0.717) is 12.8 Å². The molecule has 0 saturated heterocycles. The fourth-order valence-electron chi connectivity index (χ4n) is 1.80. The maximum absolute atomic E-state index is 11.7. The highest BCUT2D eigenvalue weighted by molar-refractivity contribution is 5.70. The van der Waals surface area contributed by atoms with E-state index in [1.54, 1.807) is 0 Å². The highest BCUT2D eigenvalue weighted by Gasteiger charge is 2.18. The van der Waals surface area contributed by atoms with Crippen LogP contribution in [0.3, 0.4) is 0 Å². The zero-order valence-corrected chi connectivity index (χ0v) is 15.5. The molecule has 0 aliphatic carbocycles. The Kier molecular flexibility index (Phi) is 14.1. The Bertz CT molecular complexity index is 453. The molecule has 0 saturated carbocycles.